The third-order valence-electron chi connectivity index (χ3n) is 6.28. The van der Waals surface area contributed by atoms with Crippen LogP contribution in [-0.4, -0.2) is 36.7 Å². The average Bonchev–Trinajstić information content (AvgIpc) is 2.94. The number of amides is 2. The number of ether oxygens (including phenoxy) is 1. The number of carbonyl (C=O) groups is 2. The smallest absolute Gasteiger partial charge is 0.277 e. The van der Waals surface area contributed by atoms with Crippen molar-refractivity contribution in [2.75, 3.05) is 30.5 Å². The summed E-state index contributed by atoms with van der Waals surface area (Å²) in [5.74, 6) is -0.172. The van der Waals surface area contributed by atoms with E-state index in [-0.39, 0.29) is 18.0 Å². The van der Waals surface area contributed by atoms with Crippen LogP contribution in [0, 0.1) is 0 Å². The molecule has 4 aromatic rings. The molecule has 1 heterocycles. The summed E-state index contributed by atoms with van der Waals surface area (Å²) in [6, 6.07) is 21.4. The fraction of sp³-hybridized carbons (Fsp3) is 0.207. The first-order valence-electron chi connectivity index (χ1n) is 12.2. The SMILES string of the molecule is CCN(CC)c1ccc(C(=O)Nn2cc(C(=O)NCc3ccccc3OC)c3ccccc3c2=O)cc1. The van der Waals surface area contributed by atoms with Gasteiger partial charge >= 0.3 is 0 Å². The third-order valence-corrected chi connectivity index (χ3v) is 6.28. The number of fused-ring (bicyclic) bond motifs is 1. The van der Waals surface area contributed by atoms with E-state index in [1.807, 2.05) is 36.4 Å². The van der Waals surface area contributed by atoms with Gasteiger partial charge in [0.15, 0.2) is 0 Å². The van der Waals surface area contributed by atoms with E-state index in [1.165, 1.54) is 6.20 Å². The minimum Gasteiger partial charge on any atom is -0.496 e. The Morgan fingerprint density at radius 3 is 2.19 bits per heavy atom. The van der Waals surface area contributed by atoms with Crippen LogP contribution in [0.25, 0.3) is 10.8 Å². The molecule has 0 aliphatic carbocycles. The molecule has 0 spiro atoms. The van der Waals surface area contributed by atoms with E-state index in [2.05, 4.69) is 29.5 Å². The molecular formula is C29H30N4O4. The first-order valence-corrected chi connectivity index (χ1v) is 12.2. The Hall–Kier alpha value is -4.59. The highest BCUT2D eigenvalue weighted by molar-refractivity contribution is 6.07. The average molecular weight is 499 g/mol. The predicted molar refractivity (Wildman–Crippen MR) is 146 cm³/mol. The van der Waals surface area contributed by atoms with E-state index < -0.39 is 11.5 Å². The normalized spacial score (nSPS) is 10.7. The first-order chi connectivity index (χ1) is 18.0. The minimum absolute atomic E-state index is 0.238. The van der Waals surface area contributed by atoms with Gasteiger partial charge in [-0.3, -0.25) is 19.8 Å². The Balaban J connectivity index is 1.61. The second kappa shape index (κ2) is 11.4. The Morgan fingerprint density at radius 1 is 0.865 bits per heavy atom. The van der Waals surface area contributed by atoms with Gasteiger partial charge in [0.2, 0.25) is 0 Å². The summed E-state index contributed by atoms with van der Waals surface area (Å²) in [4.78, 5) is 41.5. The van der Waals surface area contributed by atoms with Gasteiger partial charge in [0.05, 0.1) is 12.7 Å². The van der Waals surface area contributed by atoms with Crippen LogP contribution in [0.5, 0.6) is 5.75 Å². The molecular weight excluding hydrogens is 468 g/mol. The van der Waals surface area contributed by atoms with Crippen LogP contribution in [0.2, 0.25) is 0 Å². The molecule has 37 heavy (non-hydrogen) atoms. The highest BCUT2D eigenvalue weighted by Gasteiger charge is 2.17. The Bertz CT molecular complexity index is 1470. The quantitative estimate of drug-likeness (QED) is 0.361. The number of rotatable bonds is 9. The second-order valence-corrected chi connectivity index (χ2v) is 8.42. The number of anilines is 1. The van der Waals surface area contributed by atoms with Crippen molar-refractivity contribution in [2.24, 2.45) is 0 Å². The van der Waals surface area contributed by atoms with E-state index in [9.17, 15) is 14.4 Å². The van der Waals surface area contributed by atoms with Crippen LogP contribution in [0.4, 0.5) is 5.69 Å². The molecule has 8 nitrogen and oxygen atoms in total. The van der Waals surface area contributed by atoms with Gasteiger partial charge in [-0.25, -0.2) is 4.68 Å². The van der Waals surface area contributed by atoms with Gasteiger partial charge in [0, 0.05) is 53.4 Å². The lowest BCUT2D eigenvalue weighted by Gasteiger charge is -2.21. The van der Waals surface area contributed by atoms with Gasteiger partial charge in [-0.1, -0.05) is 36.4 Å². The molecule has 0 unspecified atom stereocenters. The topological polar surface area (TPSA) is 92.7 Å². The summed E-state index contributed by atoms with van der Waals surface area (Å²) in [5, 5.41) is 3.71. The zero-order chi connectivity index (χ0) is 26.4. The predicted octanol–water partition coefficient (Wildman–Crippen LogP) is 4.17. The maximum absolute atomic E-state index is 13.2. The lowest BCUT2D eigenvalue weighted by atomic mass is 10.1. The van der Waals surface area contributed by atoms with Crippen molar-refractivity contribution in [3.05, 3.63) is 106 Å². The molecule has 190 valence electrons. The van der Waals surface area contributed by atoms with Crippen molar-refractivity contribution in [1.82, 2.24) is 9.99 Å². The number of pyridine rings is 1. The van der Waals surface area contributed by atoms with E-state index in [0.29, 0.717) is 22.1 Å². The van der Waals surface area contributed by atoms with Crippen molar-refractivity contribution in [1.29, 1.82) is 0 Å². The van der Waals surface area contributed by atoms with Gasteiger partial charge in [0.1, 0.15) is 5.75 Å². The van der Waals surface area contributed by atoms with E-state index in [1.54, 1.807) is 43.5 Å². The van der Waals surface area contributed by atoms with Crippen LogP contribution in [-0.2, 0) is 6.54 Å². The Morgan fingerprint density at radius 2 is 1.51 bits per heavy atom. The first kappa shape index (κ1) is 25.5. The largest absolute Gasteiger partial charge is 0.496 e. The summed E-state index contributed by atoms with van der Waals surface area (Å²) < 4.78 is 6.43. The standard InChI is InChI=1S/C29H30N4O4/c1-4-32(5-2)22-16-14-20(15-17-22)27(34)31-33-19-25(23-11-7-8-12-24(23)29(33)36)28(35)30-18-21-10-6-9-13-26(21)37-3/h6-17,19H,4-5,18H2,1-3H3,(H,30,35)(H,31,34). The Kier molecular flexibility index (Phi) is 7.88. The minimum atomic E-state index is -0.455. The molecule has 0 aliphatic heterocycles. The fourth-order valence-corrected chi connectivity index (χ4v) is 4.26. The molecule has 0 atom stereocenters. The van der Waals surface area contributed by atoms with Gasteiger partial charge in [-0.15, -0.1) is 0 Å². The van der Waals surface area contributed by atoms with E-state index in [4.69, 9.17) is 4.74 Å². The molecule has 4 rings (SSSR count). The molecule has 0 saturated carbocycles. The maximum atomic E-state index is 13.2. The number of hydrogen-bond donors (Lipinski definition) is 2. The number of carbonyl (C=O) groups excluding carboxylic acids is 2. The van der Waals surface area contributed by atoms with Crippen molar-refractivity contribution in [3.63, 3.8) is 0 Å². The number of hydrogen-bond acceptors (Lipinski definition) is 5. The molecule has 3 aromatic carbocycles. The molecule has 0 fully saturated rings. The van der Waals surface area contributed by atoms with Crippen molar-refractivity contribution < 1.29 is 14.3 Å². The highest BCUT2D eigenvalue weighted by Crippen LogP contribution is 2.19. The summed E-state index contributed by atoms with van der Waals surface area (Å²) in [5.41, 5.74) is 4.70. The van der Waals surface area contributed by atoms with Gasteiger partial charge in [0.25, 0.3) is 17.4 Å². The van der Waals surface area contributed by atoms with Crippen LogP contribution in [0.1, 0.15) is 40.1 Å². The summed E-state index contributed by atoms with van der Waals surface area (Å²) in [6.07, 6.45) is 1.37. The zero-order valence-electron chi connectivity index (χ0n) is 21.2. The van der Waals surface area contributed by atoms with Crippen LogP contribution in [0.3, 0.4) is 0 Å². The molecule has 0 bridgehead atoms. The number of nitrogens with zero attached hydrogens (tertiary/aromatic N) is 2. The lowest BCUT2D eigenvalue weighted by molar-refractivity contribution is 0.0948. The summed E-state index contributed by atoms with van der Waals surface area (Å²) in [7, 11) is 1.57. The van der Waals surface area contributed by atoms with Gasteiger partial charge in [-0.2, -0.15) is 0 Å². The lowest BCUT2D eigenvalue weighted by Crippen LogP contribution is -2.35. The van der Waals surface area contributed by atoms with Crippen LogP contribution < -0.4 is 25.9 Å². The monoisotopic (exact) mass is 498 g/mol. The van der Waals surface area contributed by atoms with Gasteiger partial charge in [-0.05, 0) is 50.2 Å². The van der Waals surface area contributed by atoms with E-state index >= 15 is 0 Å². The van der Waals surface area contributed by atoms with Crippen molar-refractivity contribution in [2.45, 2.75) is 20.4 Å². The molecule has 8 heteroatoms. The number of methoxy groups -OCH3 is 1. The number of nitrogens with one attached hydrogen (secondary N) is 2. The highest BCUT2D eigenvalue weighted by atomic mass is 16.5. The molecule has 0 aliphatic rings. The molecule has 0 saturated heterocycles. The van der Waals surface area contributed by atoms with Crippen molar-refractivity contribution >= 4 is 28.3 Å². The fourth-order valence-electron chi connectivity index (χ4n) is 4.26. The Labute approximate surface area is 215 Å². The molecule has 2 amide bonds. The third kappa shape index (κ3) is 5.48. The van der Waals surface area contributed by atoms with Crippen LogP contribution >= 0.6 is 0 Å². The van der Waals surface area contributed by atoms with Crippen molar-refractivity contribution in [3.8, 4) is 5.75 Å². The van der Waals surface area contributed by atoms with E-state index in [0.717, 1.165) is 29.0 Å². The zero-order valence-corrected chi connectivity index (χ0v) is 21.2. The molecule has 1 aromatic heterocycles. The maximum Gasteiger partial charge on any atom is 0.277 e. The number of benzene rings is 3. The molecule has 2 N–H and O–H groups in total. The van der Waals surface area contributed by atoms with Gasteiger partial charge < -0.3 is 15.0 Å². The second-order valence-electron chi connectivity index (χ2n) is 8.42. The summed E-state index contributed by atoms with van der Waals surface area (Å²) >= 11 is 0. The molecule has 0 radical (unpaired) electrons. The number of para-hydroxylation sites is 1. The summed E-state index contributed by atoms with van der Waals surface area (Å²) in [6.45, 7) is 6.09. The number of aromatic nitrogens is 1. The van der Waals surface area contributed by atoms with Crippen LogP contribution in [0.15, 0.2) is 83.8 Å².